The Morgan fingerprint density at radius 3 is 2.37 bits per heavy atom. The number of benzene rings is 2. The van der Waals surface area contributed by atoms with Crippen molar-refractivity contribution in [1.82, 2.24) is 20.1 Å². The lowest BCUT2D eigenvalue weighted by Crippen LogP contribution is -2.46. The van der Waals surface area contributed by atoms with Crippen LogP contribution in [-0.4, -0.2) is 64.6 Å². The Hall–Kier alpha value is -4.09. The first-order valence-corrected chi connectivity index (χ1v) is 14.2. The van der Waals surface area contributed by atoms with Crippen LogP contribution in [0.15, 0.2) is 66.9 Å². The van der Waals surface area contributed by atoms with Gasteiger partial charge in [0.15, 0.2) is 5.11 Å². The fourth-order valence-corrected chi connectivity index (χ4v) is 5.07. The topological polar surface area (TPSA) is 98.8 Å². The van der Waals surface area contributed by atoms with Crippen molar-refractivity contribution in [2.45, 2.75) is 25.7 Å². The van der Waals surface area contributed by atoms with Gasteiger partial charge in [-0.1, -0.05) is 12.1 Å². The number of carbonyl (C=O) groups is 2. The molecule has 0 spiro atoms. The third-order valence-corrected chi connectivity index (χ3v) is 7.42. The predicted octanol–water partition coefficient (Wildman–Crippen LogP) is 5.02. The quantitative estimate of drug-likeness (QED) is 0.324. The molecule has 0 atom stereocenters. The monoisotopic (exact) mass is 576 g/mol. The largest absolute Gasteiger partial charge is 0.457 e. The van der Waals surface area contributed by atoms with Gasteiger partial charge in [-0.25, -0.2) is 14.2 Å². The van der Waals surface area contributed by atoms with Gasteiger partial charge in [0.05, 0.1) is 6.42 Å². The average molecular weight is 577 g/mol. The van der Waals surface area contributed by atoms with Gasteiger partial charge >= 0.3 is 6.03 Å². The lowest BCUT2D eigenvalue weighted by atomic mass is 9.95. The molecule has 0 unspecified atom stereocenters. The molecule has 0 radical (unpaired) electrons. The van der Waals surface area contributed by atoms with E-state index >= 15 is 0 Å². The standard InChI is InChI=1S/C30H33FN6O3S/c31-23-4-2-21(3-5-23)18-28(38)35-29(41)33-24-6-8-25(9-7-24)40-26-10-13-32-27(19-26)34-30(39)37-16-11-22(12-17-37)20-36-14-1-15-36/h2-10,13,19,22H,1,11-12,14-18,20H2,(H,32,34,39)(H2,33,35,38,41). The van der Waals surface area contributed by atoms with Crippen molar-refractivity contribution >= 4 is 40.8 Å². The van der Waals surface area contributed by atoms with Crippen LogP contribution in [0.3, 0.4) is 0 Å². The lowest BCUT2D eigenvalue weighted by Gasteiger charge is -2.38. The first kappa shape index (κ1) is 28.4. The molecule has 3 amide bonds. The van der Waals surface area contributed by atoms with Gasteiger partial charge in [0.1, 0.15) is 23.1 Å². The molecule has 214 valence electrons. The smallest absolute Gasteiger partial charge is 0.323 e. The lowest BCUT2D eigenvalue weighted by molar-refractivity contribution is -0.119. The van der Waals surface area contributed by atoms with Gasteiger partial charge in [-0.3, -0.25) is 10.1 Å². The van der Waals surface area contributed by atoms with Gasteiger partial charge in [0.25, 0.3) is 0 Å². The van der Waals surface area contributed by atoms with E-state index in [9.17, 15) is 14.0 Å². The predicted molar refractivity (Wildman–Crippen MR) is 160 cm³/mol. The summed E-state index contributed by atoms with van der Waals surface area (Å²) in [7, 11) is 0. The number of ether oxygens (including phenoxy) is 1. The molecule has 2 aliphatic heterocycles. The van der Waals surface area contributed by atoms with Crippen molar-refractivity contribution in [3.63, 3.8) is 0 Å². The van der Waals surface area contributed by atoms with E-state index in [-0.39, 0.29) is 29.3 Å². The highest BCUT2D eigenvalue weighted by Gasteiger charge is 2.26. The first-order chi connectivity index (χ1) is 19.9. The molecule has 0 aliphatic carbocycles. The number of aromatic nitrogens is 1. The van der Waals surface area contributed by atoms with Gasteiger partial charge in [-0.05, 0) is 98.5 Å². The Kier molecular flexibility index (Phi) is 9.37. The van der Waals surface area contributed by atoms with Crippen molar-refractivity contribution in [2.24, 2.45) is 5.92 Å². The Morgan fingerprint density at radius 2 is 1.68 bits per heavy atom. The number of piperidine rings is 1. The summed E-state index contributed by atoms with van der Waals surface area (Å²) in [5.74, 6) is 1.55. The second-order valence-electron chi connectivity index (χ2n) is 10.3. The van der Waals surface area contributed by atoms with E-state index in [1.165, 1.54) is 31.6 Å². The summed E-state index contributed by atoms with van der Waals surface area (Å²) in [6.07, 6.45) is 5.03. The van der Waals surface area contributed by atoms with Crippen LogP contribution in [-0.2, 0) is 11.2 Å². The number of hydrogen-bond acceptors (Lipinski definition) is 6. The SMILES string of the molecule is O=C(Cc1ccc(F)cc1)NC(=S)Nc1ccc(Oc2ccnc(NC(=O)N3CCC(CN4CCC4)CC3)c2)cc1. The highest BCUT2D eigenvalue weighted by molar-refractivity contribution is 7.80. The maximum absolute atomic E-state index is 13.0. The molecule has 0 bridgehead atoms. The molecule has 3 heterocycles. The summed E-state index contributed by atoms with van der Waals surface area (Å²) in [5, 5.41) is 8.62. The number of hydrogen-bond donors (Lipinski definition) is 3. The maximum atomic E-state index is 13.0. The number of pyridine rings is 1. The number of anilines is 2. The van der Waals surface area contributed by atoms with E-state index in [4.69, 9.17) is 17.0 Å². The fourth-order valence-electron chi connectivity index (χ4n) is 4.84. The van der Waals surface area contributed by atoms with E-state index in [1.54, 1.807) is 54.7 Å². The maximum Gasteiger partial charge on any atom is 0.323 e. The third-order valence-electron chi connectivity index (χ3n) is 7.21. The summed E-state index contributed by atoms with van der Waals surface area (Å²) in [6, 6.07) is 16.0. The van der Waals surface area contributed by atoms with E-state index in [0.29, 0.717) is 34.5 Å². The molecule has 3 aromatic rings. The number of nitrogens with one attached hydrogen (secondary N) is 3. The van der Waals surface area contributed by atoms with Gasteiger partial charge < -0.3 is 25.2 Å². The Balaban J connectivity index is 1.06. The summed E-state index contributed by atoms with van der Waals surface area (Å²) in [6.45, 7) is 5.07. The van der Waals surface area contributed by atoms with Crippen molar-refractivity contribution in [3.8, 4) is 11.5 Å². The zero-order valence-corrected chi connectivity index (χ0v) is 23.5. The number of thiocarbonyl (C=S) groups is 1. The molecule has 1 aromatic heterocycles. The summed E-state index contributed by atoms with van der Waals surface area (Å²) in [4.78, 5) is 33.6. The molecule has 2 aromatic carbocycles. The first-order valence-electron chi connectivity index (χ1n) is 13.8. The van der Waals surface area contributed by atoms with Crippen LogP contribution in [0.25, 0.3) is 0 Å². The van der Waals surface area contributed by atoms with Crippen LogP contribution in [0.2, 0.25) is 0 Å². The number of rotatable bonds is 8. The number of amides is 3. The van der Waals surface area contributed by atoms with Crippen LogP contribution in [0.5, 0.6) is 11.5 Å². The molecule has 2 saturated heterocycles. The Bertz CT molecular complexity index is 1360. The molecule has 9 nitrogen and oxygen atoms in total. The highest BCUT2D eigenvalue weighted by atomic mass is 32.1. The molecular weight excluding hydrogens is 543 g/mol. The molecule has 11 heteroatoms. The molecular formula is C30H33FN6O3S. The van der Waals surface area contributed by atoms with Crippen LogP contribution >= 0.6 is 12.2 Å². The second-order valence-corrected chi connectivity index (χ2v) is 10.7. The zero-order valence-electron chi connectivity index (χ0n) is 22.6. The van der Waals surface area contributed by atoms with Crippen LogP contribution in [0, 0.1) is 11.7 Å². The van der Waals surface area contributed by atoms with Gasteiger partial charge in [-0.15, -0.1) is 0 Å². The minimum absolute atomic E-state index is 0.0839. The van der Waals surface area contributed by atoms with E-state index in [1.807, 2.05) is 4.90 Å². The summed E-state index contributed by atoms with van der Waals surface area (Å²) < 4.78 is 19.0. The molecule has 3 N–H and O–H groups in total. The molecule has 5 rings (SSSR count). The summed E-state index contributed by atoms with van der Waals surface area (Å²) in [5.41, 5.74) is 1.35. The van der Waals surface area contributed by atoms with Crippen LogP contribution in [0.4, 0.5) is 20.7 Å². The molecule has 2 aliphatic rings. The molecule has 2 fully saturated rings. The van der Waals surface area contributed by atoms with Crippen molar-refractivity contribution < 1.29 is 18.7 Å². The summed E-state index contributed by atoms with van der Waals surface area (Å²) >= 11 is 5.23. The molecule has 41 heavy (non-hydrogen) atoms. The van der Waals surface area contributed by atoms with E-state index < -0.39 is 0 Å². The van der Waals surface area contributed by atoms with Crippen LogP contribution in [0.1, 0.15) is 24.8 Å². The minimum Gasteiger partial charge on any atom is -0.457 e. The van der Waals surface area contributed by atoms with Crippen molar-refractivity contribution in [3.05, 3.63) is 78.2 Å². The number of carbonyl (C=O) groups excluding carboxylic acids is 2. The Morgan fingerprint density at radius 1 is 0.951 bits per heavy atom. The van der Waals surface area contributed by atoms with Gasteiger partial charge in [0, 0.05) is 37.6 Å². The number of urea groups is 1. The Labute approximate surface area is 244 Å². The van der Waals surface area contributed by atoms with Gasteiger partial charge in [-0.2, -0.15) is 0 Å². The van der Waals surface area contributed by atoms with Gasteiger partial charge in [0.2, 0.25) is 5.91 Å². The fraction of sp³-hybridized carbons (Fsp3) is 0.333. The highest BCUT2D eigenvalue weighted by Crippen LogP contribution is 2.25. The number of nitrogens with zero attached hydrogens (tertiary/aromatic N) is 3. The molecule has 0 saturated carbocycles. The van der Waals surface area contributed by atoms with E-state index in [0.717, 1.165) is 32.5 Å². The van der Waals surface area contributed by atoms with Crippen LogP contribution < -0.4 is 20.7 Å². The normalized spacial score (nSPS) is 15.5. The van der Waals surface area contributed by atoms with Crippen molar-refractivity contribution in [2.75, 3.05) is 43.4 Å². The number of halogens is 1. The van der Waals surface area contributed by atoms with Crippen molar-refractivity contribution in [1.29, 1.82) is 0 Å². The van der Waals surface area contributed by atoms with E-state index in [2.05, 4.69) is 25.8 Å². The minimum atomic E-state index is -0.353. The average Bonchev–Trinajstić information content (AvgIpc) is 2.93. The third kappa shape index (κ3) is 8.45. The second kappa shape index (κ2) is 13.5. The zero-order chi connectivity index (χ0) is 28.6. The number of likely N-dealkylation sites (tertiary alicyclic amines) is 2.